The van der Waals surface area contributed by atoms with Crippen LogP contribution in [0.15, 0.2) is 24.3 Å². The van der Waals surface area contributed by atoms with Crippen LogP contribution in [0.4, 0.5) is 0 Å². The highest BCUT2D eigenvalue weighted by molar-refractivity contribution is 5.95. The standard InChI is InChI=1S/C20H26N2O3/c1-13-2-4-16(5-3-13)18(24)22-21-17(23)11-19-7-14-6-15(8-19)10-20(25,9-14)12-19/h2-5,14-15,25H,6-12H2,1H3,(H,21,23)(H,22,24)/t14-,15+,19?,20?. The fourth-order valence-electron chi connectivity index (χ4n) is 5.90. The summed E-state index contributed by atoms with van der Waals surface area (Å²) in [4.78, 5) is 24.5. The van der Waals surface area contributed by atoms with Crippen molar-refractivity contribution in [3.8, 4) is 0 Å². The molecule has 0 saturated heterocycles. The van der Waals surface area contributed by atoms with Crippen molar-refractivity contribution >= 4 is 11.8 Å². The predicted molar refractivity (Wildman–Crippen MR) is 93.5 cm³/mol. The van der Waals surface area contributed by atoms with E-state index in [-0.39, 0.29) is 17.2 Å². The van der Waals surface area contributed by atoms with Gasteiger partial charge in [0.1, 0.15) is 0 Å². The predicted octanol–water partition coefficient (Wildman–Crippen LogP) is 2.48. The van der Waals surface area contributed by atoms with Crippen LogP contribution in [0.25, 0.3) is 0 Å². The van der Waals surface area contributed by atoms with Crippen molar-refractivity contribution in [3.63, 3.8) is 0 Å². The van der Waals surface area contributed by atoms with Gasteiger partial charge in [0.2, 0.25) is 5.91 Å². The molecule has 4 aliphatic carbocycles. The second-order valence-corrected chi connectivity index (χ2v) is 8.73. The Labute approximate surface area is 148 Å². The topological polar surface area (TPSA) is 78.4 Å². The van der Waals surface area contributed by atoms with E-state index in [0.717, 1.165) is 37.7 Å². The summed E-state index contributed by atoms with van der Waals surface area (Å²) in [5.41, 5.74) is 6.03. The fraction of sp³-hybridized carbons (Fsp3) is 0.600. The van der Waals surface area contributed by atoms with Crippen LogP contribution in [0.2, 0.25) is 0 Å². The van der Waals surface area contributed by atoms with Crippen molar-refractivity contribution in [2.24, 2.45) is 17.3 Å². The van der Waals surface area contributed by atoms with E-state index in [2.05, 4.69) is 10.9 Å². The summed E-state index contributed by atoms with van der Waals surface area (Å²) >= 11 is 0. The first kappa shape index (κ1) is 16.6. The number of carbonyl (C=O) groups is 2. The number of aryl methyl sites for hydroxylation is 1. The quantitative estimate of drug-likeness (QED) is 0.739. The number of hydrogen-bond donors (Lipinski definition) is 3. The summed E-state index contributed by atoms with van der Waals surface area (Å²) in [5.74, 6) is 0.644. The molecule has 3 N–H and O–H groups in total. The van der Waals surface area contributed by atoms with Gasteiger partial charge in [0, 0.05) is 12.0 Å². The molecule has 2 unspecified atom stereocenters. The van der Waals surface area contributed by atoms with Crippen molar-refractivity contribution < 1.29 is 14.7 Å². The van der Waals surface area contributed by atoms with E-state index in [9.17, 15) is 14.7 Å². The molecule has 0 aliphatic heterocycles. The molecule has 25 heavy (non-hydrogen) atoms. The molecule has 1 aromatic rings. The largest absolute Gasteiger partial charge is 0.390 e. The molecule has 4 bridgehead atoms. The molecule has 0 radical (unpaired) electrons. The Kier molecular flexibility index (Phi) is 3.87. The molecule has 1 aromatic carbocycles. The molecule has 5 heteroatoms. The molecule has 4 saturated carbocycles. The first-order valence-electron chi connectivity index (χ1n) is 9.23. The number of carbonyl (C=O) groups excluding carboxylic acids is 2. The van der Waals surface area contributed by atoms with Gasteiger partial charge in [0.25, 0.3) is 5.91 Å². The molecule has 134 valence electrons. The molecule has 2 amide bonds. The van der Waals surface area contributed by atoms with E-state index in [1.54, 1.807) is 12.1 Å². The van der Waals surface area contributed by atoms with Crippen LogP contribution in [0, 0.1) is 24.2 Å². The van der Waals surface area contributed by atoms with Crippen LogP contribution in [-0.2, 0) is 4.79 Å². The van der Waals surface area contributed by atoms with Gasteiger partial charge in [0.05, 0.1) is 5.60 Å². The molecule has 5 rings (SSSR count). The smallest absolute Gasteiger partial charge is 0.269 e. The number of benzene rings is 1. The molecule has 4 atom stereocenters. The molecular formula is C20H26N2O3. The Morgan fingerprint density at radius 3 is 2.32 bits per heavy atom. The number of amides is 2. The van der Waals surface area contributed by atoms with Crippen molar-refractivity contribution in [2.75, 3.05) is 0 Å². The average Bonchev–Trinajstić information content (AvgIpc) is 2.50. The third kappa shape index (κ3) is 3.30. The van der Waals surface area contributed by atoms with Crippen LogP contribution in [0.1, 0.15) is 60.9 Å². The Morgan fingerprint density at radius 2 is 1.72 bits per heavy atom. The zero-order chi connectivity index (χ0) is 17.7. The normalized spacial score (nSPS) is 35.4. The maximum Gasteiger partial charge on any atom is 0.269 e. The molecule has 0 spiro atoms. The fourth-order valence-corrected chi connectivity index (χ4v) is 5.90. The number of rotatable bonds is 3. The SMILES string of the molecule is Cc1ccc(C(=O)NNC(=O)CC23C[C@@H]4C[C@@H](CC(O)(C4)C2)C3)cc1. The summed E-state index contributed by atoms with van der Waals surface area (Å²) in [6.07, 6.45) is 6.18. The lowest BCUT2D eigenvalue weighted by atomic mass is 9.47. The molecule has 5 nitrogen and oxygen atoms in total. The molecule has 0 heterocycles. The van der Waals surface area contributed by atoms with Gasteiger partial charge in [0.15, 0.2) is 0 Å². The van der Waals surface area contributed by atoms with Gasteiger partial charge in [-0.15, -0.1) is 0 Å². The second kappa shape index (κ2) is 5.84. The summed E-state index contributed by atoms with van der Waals surface area (Å²) in [6.45, 7) is 1.96. The number of hydrazine groups is 1. The molecule has 4 fully saturated rings. The Hall–Kier alpha value is -1.88. The summed E-state index contributed by atoms with van der Waals surface area (Å²) in [7, 11) is 0. The third-order valence-electron chi connectivity index (χ3n) is 6.32. The lowest BCUT2D eigenvalue weighted by Gasteiger charge is -2.60. The van der Waals surface area contributed by atoms with Gasteiger partial charge >= 0.3 is 0 Å². The molecular weight excluding hydrogens is 316 g/mol. The van der Waals surface area contributed by atoms with Crippen molar-refractivity contribution in [1.29, 1.82) is 0 Å². The highest BCUT2D eigenvalue weighted by atomic mass is 16.3. The summed E-state index contributed by atoms with van der Waals surface area (Å²) in [6, 6.07) is 7.22. The van der Waals surface area contributed by atoms with Crippen LogP contribution in [0.5, 0.6) is 0 Å². The molecule has 4 aliphatic rings. The van der Waals surface area contributed by atoms with Gasteiger partial charge in [-0.3, -0.25) is 20.4 Å². The Balaban J connectivity index is 1.35. The van der Waals surface area contributed by atoms with Gasteiger partial charge < -0.3 is 5.11 Å². The average molecular weight is 342 g/mol. The zero-order valence-corrected chi connectivity index (χ0v) is 14.7. The number of hydrogen-bond acceptors (Lipinski definition) is 3. The van der Waals surface area contributed by atoms with E-state index in [4.69, 9.17) is 0 Å². The van der Waals surface area contributed by atoms with Crippen LogP contribution < -0.4 is 10.9 Å². The van der Waals surface area contributed by atoms with E-state index in [1.807, 2.05) is 19.1 Å². The van der Waals surface area contributed by atoms with Gasteiger partial charge in [-0.05, 0) is 74.8 Å². The maximum absolute atomic E-state index is 12.4. The zero-order valence-electron chi connectivity index (χ0n) is 14.7. The van der Waals surface area contributed by atoms with E-state index in [0.29, 0.717) is 23.8 Å². The minimum Gasteiger partial charge on any atom is -0.390 e. The minimum atomic E-state index is -0.560. The monoisotopic (exact) mass is 342 g/mol. The Morgan fingerprint density at radius 1 is 1.08 bits per heavy atom. The first-order chi connectivity index (χ1) is 11.8. The van der Waals surface area contributed by atoms with Crippen LogP contribution in [-0.4, -0.2) is 22.5 Å². The van der Waals surface area contributed by atoms with Gasteiger partial charge in [-0.25, -0.2) is 0 Å². The molecule has 0 aromatic heterocycles. The van der Waals surface area contributed by atoms with Crippen LogP contribution >= 0.6 is 0 Å². The van der Waals surface area contributed by atoms with Gasteiger partial charge in [-0.2, -0.15) is 0 Å². The van der Waals surface area contributed by atoms with Crippen molar-refractivity contribution in [2.45, 2.75) is 57.5 Å². The van der Waals surface area contributed by atoms with E-state index in [1.165, 1.54) is 6.42 Å². The minimum absolute atomic E-state index is 0.0858. The van der Waals surface area contributed by atoms with Gasteiger partial charge in [-0.1, -0.05) is 17.7 Å². The second-order valence-electron chi connectivity index (χ2n) is 8.73. The van der Waals surface area contributed by atoms with E-state index >= 15 is 0 Å². The van der Waals surface area contributed by atoms with Crippen LogP contribution in [0.3, 0.4) is 0 Å². The number of aliphatic hydroxyl groups is 1. The van der Waals surface area contributed by atoms with E-state index < -0.39 is 5.60 Å². The number of nitrogens with one attached hydrogen (secondary N) is 2. The lowest BCUT2D eigenvalue weighted by molar-refractivity contribution is -0.169. The summed E-state index contributed by atoms with van der Waals surface area (Å²) < 4.78 is 0. The Bertz CT molecular complexity index is 683. The maximum atomic E-state index is 12.4. The third-order valence-corrected chi connectivity index (χ3v) is 6.32. The first-order valence-corrected chi connectivity index (χ1v) is 9.23. The van der Waals surface area contributed by atoms with Crippen molar-refractivity contribution in [1.82, 2.24) is 10.9 Å². The van der Waals surface area contributed by atoms with Crippen molar-refractivity contribution in [3.05, 3.63) is 35.4 Å². The highest BCUT2D eigenvalue weighted by Crippen LogP contribution is 2.62. The highest BCUT2D eigenvalue weighted by Gasteiger charge is 2.57. The summed E-state index contributed by atoms with van der Waals surface area (Å²) in [5, 5.41) is 10.8. The lowest BCUT2D eigenvalue weighted by Crippen LogP contribution is -2.57.